The lowest BCUT2D eigenvalue weighted by molar-refractivity contribution is 0.312. The first-order valence-electron chi connectivity index (χ1n) is 5.10. The smallest absolute Gasteiger partial charge is 0.226 e. The predicted molar refractivity (Wildman–Crippen MR) is 58.7 cm³/mol. The summed E-state index contributed by atoms with van der Waals surface area (Å²) in [6, 6.07) is 0. The Hall–Kier alpha value is -0.650. The van der Waals surface area contributed by atoms with Crippen LogP contribution < -0.4 is 11.1 Å². The zero-order valence-corrected chi connectivity index (χ0v) is 9.42. The van der Waals surface area contributed by atoms with Crippen molar-refractivity contribution in [2.45, 2.75) is 25.8 Å². The molecule has 1 aromatic heterocycles. The zero-order chi connectivity index (χ0) is 9.80. The van der Waals surface area contributed by atoms with Crippen LogP contribution in [0.25, 0.3) is 0 Å². The van der Waals surface area contributed by atoms with Crippen LogP contribution in [0.15, 0.2) is 4.52 Å². The predicted octanol–water partition coefficient (Wildman–Crippen LogP) is 0.492. The first-order chi connectivity index (χ1) is 6.88. The normalized spacial score (nSPS) is 17.4. The van der Waals surface area contributed by atoms with Gasteiger partial charge >= 0.3 is 0 Å². The number of hydrogen-bond donors (Lipinski definition) is 2. The maximum atomic E-state index is 5.40. The molecule has 0 aromatic carbocycles. The number of aromatic nitrogens is 2. The number of halogens is 1. The molecule has 5 nitrogen and oxygen atoms in total. The fourth-order valence-corrected chi connectivity index (χ4v) is 1.79. The van der Waals surface area contributed by atoms with E-state index in [9.17, 15) is 0 Å². The van der Waals surface area contributed by atoms with E-state index in [1.807, 2.05) is 0 Å². The van der Waals surface area contributed by atoms with Gasteiger partial charge in [-0.05, 0) is 31.8 Å². The van der Waals surface area contributed by atoms with E-state index in [1.165, 1.54) is 12.8 Å². The third kappa shape index (κ3) is 3.44. The van der Waals surface area contributed by atoms with E-state index in [0.29, 0.717) is 18.3 Å². The molecule has 0 amide bonds. The van der Waals surface area contributed by atoms with Gasteiger partial charge < -0.3 is 15.6 Å². The van der Waals surface area contributed by atoms with Crippen molar-refractivity contribution < 1.29 is 4.52 Å². The fourth-order valence-electron chi connectivity index (χ4n) is 1.79. The van der Waals surface area contributed by atoms with E-state index >= 15 is 0 Å². The standard InChI is InChI=1S/C9H16N4O.ClH/c10-6-8-12-9(14-13-8)5-7-1-3-11-4-2-7;/h7,11H,1-6,10H2;1H. The van der Waals surface area contributed by atoms with Crippen LogP contribution in [-0.4, -0.2) is 23.2 Å². The number of piperidine rings is 1. The number of nitrogens with two attached hydrogens (primary N) is 1. The van der Waals surface area contributed by atoms with E-state index in [-0.39, 0.29) is 12.4 Å². The Morgan fingerprint density at radius 2 is 2.13 bits per heavy atom. The second-order valence-corrected chi connectivity index (χ2v) is 3.71. The quantitative estimate of drug-likeness (QED) is 0.793. The first-order valence-corrected chi connectivity index (χ1v) is 5.10. The summed E-state index contributed by atoms with van der Waals surface area (Å²) >= 11 is 0. The zero-order valence-electron chi connectivity index (χ0n) is 8.61. The molecule has 3 N–H and O–H groups in total. The summed E-state index contributed by atoms with van der Waals surface area (Å²) in [6.07, 6.45) is 3.29. The van der Waals surface area contributed by atoms with Crippen LogP contribution in [0.3, 0.4) is 0 Å². The molecular weight excluding hydrogens is 216 g/mol. The number of nitrogens with zero attached hydrogens (tertiary/aromatic N) is 2. The van der Waals surface area contributed by atoms with E-state index in [1.54, 1.807) is 0 Å². The number of nitrogens with one attached hydrogen (secondary N) is 1. The van der Waals surface area contributed by atoms with Gasteiger partial charge in [-0.3, -0.25) is 0 Å². The maximum Gasteiger partial charge on any atom is 0.226 e. The fraction of sp³-hybridized carbons (Fsp3) is 0.778. The van der Waals surface area contributed by atoms with Gasteiger partial charge in [-0.1, -0.05) is 5.16 Å². The monoisotopic (exact) mass is 232 g/mol. The van der Waals surface area contributed by atoms with Crippen molar-refractivity contribution in [1.29, 1.82) is 0 Å². The summed E-state index contributed by atoms with van der Waals surface area (Å²) in [5.41, 5.74) is 5.40. The Bertz CT molecular complexity index is 285. The average molecular weight is 233 g/mol. The van der Waals surface area contributed by atoms with Crippen LogP contribution in [0.1, 0.15) is 24.6 Å². The second-order valence-electron chi connectivity index (χ2n) is 3.71. The van der Waals surface area contributed by atoms with Gasteiger partial charge in [0.25, 0.3) is 0 Å². The van der Waals surface area contributed by atoms with Crippen molar-refractivity contribution in [3.8, 4) is 0 Å². The molecule has 1 aliphatic heterocycles. The minimum absolute atomic E-state index is 0. The Kier molecular flexibility index (Phi) is 5.01. The van der Waals surface area contributed by atoms with Gasteiger partial charge in [0.05, 0.1) is 6.54 Å². The molecule has 1 saturated heterocycles. The van der Waals surface area contributed by atoms with E-state index < -0.39 is 0 Å². The van der Waals surface area contributed by atoms with Crippen molar-refractivity contribution in [3.63, 3.8) is 0 Å². The molecule has 2 rings (SSSR count). The van der Waals surface area contributed by atoms with E-state index in [2.05, 4.69) is 15.5 Å². The Morgan fingerprint density at radius 3 is 2.73 bits per heavy atom. The number of hydrogen-bond acceptors (Lipinski definition) is 5. The van der Waals surface area contributed by atoms with Gasteiger partial charge in [-0.2, -0.15) is 4.98 Å². The lowest BCUT2D eigenvalue weighted by atomic mass is 9.95. The molecule has 6 heteroatoms. The first kappa shape index (κ1) is 12.4. The van der Waals surface area contributed by atoms with Crippen LogP contribution in [0, 0.1) is 5.92 Å². The van der Waals surface area contributed by atoms with Gasteiger partial charge in [0.15, 0.2) is 5.82 Å². The minimum Gasteiger partial charge on any atom is -0.339 e. The second kappa shape index (κ2) is 6.05. The van der Waals surface area contributed by atoms with Gasteiger partial charge in [0.1, 0.15) is 0 Å². The van der Waals surface area contributed by atoms with E-state index in [0.717, 1.165) is 25.4 Å². The molecule has 15 heavy (non-hydrogen) atoms. The van der Waals surface area contributed by atoms with Crippen LogP contribution in [-0.2, 0) is 13.0 Å². The Labute approximate surface area is 95.2 Å². The summed E-state index contributed by atoms with van der Waals surface area (Å²) < 4.78 is 5.10. The van der Waals surface area contributed by atoms with Gasteiger partial charge in [-0.25, -0.2) is 0 Å². The van der Waals surface area contributed by atoms with Crippen LogP contribution in [0.5, 0.6) is 0 Å². The van der Waals surface area contributed by atoms with Crippen molar-refractivity contribution in [1.82, 2.24) is 15.5 Å². The molecule has 2 heterocycles. The topological polar surface area (TPSA) is 77.0 Å². The summed E-state index contributed by atoms with van der Waals surface area (Å²) in [5.74, 6) is 2.02. The van der Waals surface area contributed by atoms with Gasteiger partial charge in [0.2, 0.25) is 5.89 Å². The minimum atomic E-state index is 0. The van der Waals surface area contributed by atoms with Crippen molar-refractivity contribution >= 4 is 12.4 Å². The molecule has 0 saturated carbocycles. The van der Waals surface area contributed by atoms with Crippen molar-refractivity contribution in [3.05, 3.63) is 11.7 Å². The molecule has 0 bridgehead atoms. The van der Waals surface area contributed by atoms with Crippen LogP contribution >= 0.6 is 12.4 Å². The summed E-state index contributed by atoms with van der Waals surface area (Å²) in [5, 5.41) is 7.10. The highest BCUT2D eigenvalue weighted by atomic mass is 35.5. The molecular formula is C9H17ClN4O. The molecule has 86 valence electrons. The Balaban J connectivity index is 0.00000112. The summed E-state index contributed by atoms with van der Waals surface area (Å²) in [4.78, 5) is 4.20. The Morgan fingerprint density at radius 1 is 1.40 bits per heavy atom. The molecule has 1 fully saturated rings. The third-order valence-corrected chi connectivity index (χ3v) is 2.61. The highest BCUT2D eigenvalue weighted by Crippen LogP contribution is 2.16. The summed E-state index contributed by atoms with van der Waals surface area (Å²) in [7, 11) is 0. The van der Waals surface area contributed by atoms with Gasteiger partial charge in [0, 0.05) is 6.42 Å². The summed E-state index contributed by atoms with van der Waals surface area (Å²) in [6.45, 7) is 2.56. The molecule has 1 aromatic rings. The molecule has 0 atom stereocenters. The average Bonchev–Trinajstić information content (AvgIpc) is 2.67. The molecule has 1 aliphatic rings. The lowest BCUT2D eigenvalue weighted by Crippen LogP contribution is -2.28. The maximum absolute atomic E-state index is 5.40. The van der Waals surface area contributed by atoms with Crippen molar-refractivity contribution in [2.24, 2.45) is 11.7 Å². The number of rotatable bonds is 3. The lowest BCUT2D eigenvalue weighted by Gasteiger charge is -2.20. The highest BCUT2D eigenvalue weighted by Gasteiger charge is 2.16. The van der Waals surface area contributed by atoms with Crippen molar-refractivity contribution in [2.75, 3.05) is 13.1 Å². The van der Waals surface area contributed by atoms with E-state index in [4.69, 9.17) is 10.3 Å². The third-order valence-electron chi connectivity index (χ3n) is 2.61. The molecule has 0 spiro atoms. The van der Waals surface area contributed by atoms with Crippen LogP contribution in [0.2, 0.25) is 0 Å². The molecule has 0 aliphatic carbocycles. The highest BCUT2D eigenvalue weighted by molar-refractivity contribution is 5.85. The van der Waals surface area contributed by atoms with Gasteiger partial charge in [-0.15, -0.1) is 12.4 Å². The SMILES string of the molecule is Cl.NCc1noc(CC2CCNCC2)n1. The van der Waals surface area contributed by atoms with Crippen LogP contribution in [0.4, 0.5) is 0 Å². The molecule has 0 radical (unpaired) electrons. The molecule has 0 unspecified atom stereocenters. The largest absolute Gasteiger partial charge is 0.339 e.